The summed E-state index contributed by atoms with van der Waals surface area (Å²) < 4.78 is 8.07. The van der Waals surface area contributed by atoms with Crippen LogP contribution in [0, 0.1) is 6.92 Å². The molecule has 3 aromatic heterocycles. The molecule has 4 rings (SSSR count). The second kappa shape index (κ2) is 5.06. The first kappa shape index (κ1) is 13.2. The summed E-state index contributed by atoms with van der Waals surface area (Å²) in [5, 5.41) is 4.97. The van der Waals surface area contributed by atoms with E-state index in [0.29, 0.717) is 17.4 Å². The minimum Gasteiger partial charge on any atom is -0.339 e. The Labute approximate surface area is 134 Å². The first-order valence-electron chi connectivity index (χ1n) is 6.76. The molecule has 22 heavy (non-hydrogen) atoms. The molecule has 0 aliphatic carbocycles. The molecule has 0 amide bonds. The van der Waals surface area contributed by atoms with E-state index in [4.69, 9.17) is 9.51 Å². The fourth-order valence-electron chi connectivity index (χ4n) is 2.38. The van der Waals surface area contributed by atoms with Crippen LogP contribution in [-0.4, -0.2) is 19.7 Å². The van der Waals surface area contributed by atoms with Gasteiger partial charge in [-0.3, -0.25) is 0 Å². The third-order valence-electron chi connectivity index (χ3n) is 3.39. The third kappa shape index (κ3) is 2.12. The maximum Gasteiger partial charge on any atom is 0.223 e. The molecule has 0 bridgehead atoms. The van der Waals surface area contributed by atoms with Crippen LogP contribution >= 0.6 is 15.9 Å². The van der Waals surface area contributed by atoms with Crippen molar-refractivity contribution < 1.29 is 4.52 Å². The van der Waals surface area contributed by atoms with E-state index in [2.05, 4.69) is 26.1 Å². The number of hydrogen-bond acceptors (Lipinski definition) is 4. The van der Waals surface area contributed by atoms with Gasteiger partial charge >= 0.3 is 0 Å². The molecular weight excluding hydrogens is 344 g/mol. The van der Waals surface area contributed by atoms with E-state index in [1.54, 1.807) is 6.92 Å². The van der Waals surface area contributed by atoms with Gasteiger partial charge in [0.05, 0.1) is 0 Å². The molecule has 0 unspecified atom stereocenters. The van der Waals surface area contributed by atoms with E-state index >= 15 is 0 Å². The molecule has 0 atom stereocenters. The number of pyridine rings is 1. The summed E-state index contributed by atoms with van der Waals surface area (Å²) >= 11 is 3.59. The lowest BCUT2D eigenvalue weighted by atomic mass is 10.3. The number of fused-ring (bicyclic) bond motifs is 1. The van der Waals surface area contributed by atoms with Crippen molar-refractivity contribution in [1.82, 2.24) is 19.7 Å². The number of aryl methyl sites for hydroxylation is 1. The zero-order valence-electron chi connectivity index (χ0n) is 11.7. The normalized spacial score (nSPS) is 11.2. The number of hydrogen-bond donors (Lipinski definition) is 0. The van der Waals surface area contributed by atoms with Crippen LogP contribution in [0.3, 0.4) is 0 Å². The molecule has 3 heterocycles. The SMILES string of the molecule is Cc1nc(-c2ccc3c(Br)cn(-c4ccccc4)c3n2)no1. The van der Waals surface area contributed by atoms with Gasteiger partial charge < -0.3 is 9.09 Å². The second-order valence-electron chi connectivity index (χ2n) is 4.89. The average Bonchev–Trinajstić information content (AvgIpc) is 3.12. The van der Waals surface area contributed by atoms with Crippen molar-refractivity contribution in [3.8, 4) is 17.2 Å². The summed E-state index contributed by atoms with van der Waals surface area (Å²) in [5.41, 5.74) is 2.58. The van der Waals surface area contributed by atoms with Crippen LogP contribution in [0.4, 0.5) is 0 Å². The van der Waals surface area contributed by atoms with Gasteiger partial charge in [0.1, 0.15) is 11.3 Å². The molecule has 0 spiro atoms. The molecule has 0 saturated carbocycles. The number of halogens is 1. The average molecular weight is 355 g/mol. The summed E-state index contributed by atoms with van der Waals surface area (Å²) in [7, 11) is 0. The Morgan fingerprint density at radius 1 is 1.05 bits per heavy atom. The molecular formula is C16H11BrN4O. The minimum atomic E-state index is 0.497. The summed E-state index contributed by atoms with van der Waals surface area (Å²) in [6, 6.07) is 14.0. The fourth-order valence-corrected chi connectivity index (χ4v) is 2.89. The highest BCUT2D eigenvalue weighted by molar-refractivity contribution is 9.10. The molecule has 5 nitrogen and oxygen atoms in total. The Hall–Kier alpha value is -2.47. The molecule has 1 aromatic carbocycles. The van der Waals surface area contributed by atoms with Crippen molar-refractivity contribution in [2.24, 2.45) is 0 Å². The molecule has 4 aromatic rings. The molecule has 0 aliphatic heterocycles. The van der Waals surface area contributed by atoms with Gasteiger partial charge in [-0.05, 0) is 40.2 Å². The van der Waals surface area contributed by atoms with Crippen LogP contribution in [0.25, 0.3) is 28.2 Å². The van der Waals surface area contributed by atoms with Gasteiger partial charge in [0, 0.05) is 28.7 Å². The van der Waals surface area contributed by atoms with Crippen molar-refractivity contribution in [3.63, 3.8) is 0 Å². The predicted octanol–water partition coefficient (Wildman–Crippen LogP) is 4.15. The molecule has 0 radical (unpaired) electrons. The Kier molecular flexibility index (Phi) is 3.04. The van der Waals surface area contributed by atoms with E-state index in [1.165, 1.54) is 0 Å². The summed E-state index contributed by atoms with van der Waals surface area (Å²) in [4.78, 5) is 8.94. The van der Waals surface area contributed by atoms with Gasteiger partial charge in [-0.2, -0.15) is 4.98 Å². The van der Waals surface area contributed by atoms with Crippen molar-refractivity contribution in [1.29, 1.82) is 0 Å². The number of rotatable bonds is 2. The Morgan fingerprint density at radius 3 is 2.59 bits per heavy atom. The van der Waals surface area contributed by atoms with Crippen LogP contribution < -0.4 is 0 Å². The Morgan fingerprint density at radius 2 is 1.86 bits per heavy atom. The molecule has 0 fully saturated rings. The topological polar surface area (TPSA) is 56.7 Å². The van der Waals surface area contributed by atoms with E-state index in [-0.39, 0.29) is 0 Å². The fraction of sp³-hybridized carbons (Fsp3) is 0.0625. The minimum absolute atomic E-state index is 0.497. The van der Waals surface area contributed by atoms with E-state index in [1.807, 2.05) is 53.2 Å². The molecule has 6 heteroatoms. The Balaban J connectivity index is 1.95. The van der Waals surface area contributed by atoms with Gasteiger partial charge in [-0.15, -0.1) is 0 Å². The van der Waals surface area contributed by atoms with Gasteiger partial charge in [-0.25, -0.2) is 4.98 Å². The zero-order valence-corrected chi connectivity index (χ0v) is 13.3. The summed E-state index contributed by atoms with van der Waals surface area (Å²) in [6.45, 7) is 1.76. The highest BCUT2D eigenvalue weighted by Gasteiger charge is 2.13. The largest absolute Gasteiger partial charge is 0.339 e. The smallest absolute Gasteiger partial charge is 0.223 e. The first-order valence-corrected chi connectivity index (χ1v) is 7.55. The van der Waals surface area contributed by atoms with Gasteiger partial charge in [0.15, 0.2) is 0 Å². The van der Waals surface area contributed by atoms with Crippen molar-refractivity contribution in [2.45, 2.75) is 6.92 Å². The number of benzene rings is 1. The van der Waals surface area contributed by atoms with Gasteiger partial charge in [0.25, 0.3) is 0 Å². The third-order valence-corrected chi connectivity index (χ3v) is 4.03. The molecule has 0 aliphatic rings. The first-order chi connectivity index (χ1) is 10.7. The maximum absolute atomic E-state index is 5.03. The quantitative estimate of drug-likeness (QED) is 0.542. The standard InChI is InChI=1S/C16H11BrN4O/c1-10-18-15(20-22-10)14-8-7-12-13(17)9-21(16(12)19-14)11-5-3-2-4-6-11/h2-9H,1H3. The zero-order chi connectivity index (χ0) is 15.1. The van der Waals surface area contributed by atoms with E-state index in [9.17, 15) is 0 Å². The summed E-state index contributed by atoms with van der Waals surface area (Å²) in [6.07, 6.45) is 2.01. The van der Waals surface area contributed by atoms with E-state index < -0.39 is 0 Å². The van der Waals surface area contributed by atoms with Crippen molar-refractivity contribution in [2.75, 3.05) is 0 Å². The lowest BCUT2D eigenvalue weighted by molar-refractivity contribution is 0.394. The number of nitrogens with zero attached hydrogens (tertiary/aromatic N) is 4. The maximum atomic E-state index is 5.03. The highest BCUT2D eigenvalue weighted by atomic mass is 79.9. The van der Waals surface area contributed by atoms with Gasteiger partial charge in [0.2, 0.25) is 11.7 Å². The van der Waals surface area contributed by atoms with Crippen LogP contribution in [-0.2, 0) is 0 Å². The van der Waals surface area contributed by atoms with Crippen LogP contribution in [0.15, 0.2) is 57.7 Å². The van der Waals surface area contributed by atoms with E-state index in [0.717, 1.165) is 21.2 Å². The lowest BCUT2D eigenvalue weighted by Gasteiger charge is -2.04. The highest BCUT2D eigenvalue weighted by Crippen LogP contribution is 2.29. The molecule has 0 saturated heterocycles. The number of para-hydroxylation sites is 1. The van der Waals surface area contributed by atoms with Gasteiger partial charge in [-0.1, -0.05) is 23.4 Å². The molecule has 0 N–H and O–H groups in total. The molecule has 108 valence electrons. The van der Waals surface area contributed by atoms with Crippen LogP contribution in [0.5, 0.6) is 0 Å². The second-order valence-corrected chi connectivity index (χ2v) is 5.74. The van der Waals surface area contributed by atoms with Crippen LogP contribution in [0.1, 0.15) is 5.89 Å². The van der Waals surface area contributed by atoms with Crippen molar-refractivity contribution in [3.05, 3.63) is 59.0 Å². The lowest BCUT2D eigenvalue weighted by Crippen LogP contribution is -1.95. The number of aromatic nitrogens is 4. The van der Waals surface area contributed by atoms with Crippen molar-refractivity contribution >= 4 is 27.0 Å². The Bertz CT molecular complexity index is 959. The van der Waals surface area contributed by atoms with Crippen LogP contribution in [0.2, 0.25) is 0 Å². The predicted molar refractivity (Wildman–Crippen MR) is 86.8 cm³/mol. The monoisotopic (exact) mass is 354 g/mol. The summed E-state index contributed by atoms with van der Waals surface area (Å²) in [5.74, 6) is 1.02.